The second-order valence-corrected chi connectivity index (χ2v) is 6.53. The number of fused-ring (bicyclic) bond motifs is 1. The van der Waals surface area contributed by atoms with Crippen LogP contribution in [0.4, 0.5) is 4.39 Å². The maximum atomic E-state index is 13.2. The van der Waals surface area contributed by atoms with Gasteiger partial charge < -0.3 is 19.4 Å². The molecule has 0 aliphatic carbocycles. The number of carbonyl (C=O) groups is 1. The van der Waals surface area contributed by atoms with Gasteiger partial charge in [0.2, 0.25) is 0 Å². The third-order valence-electron chi connectivity index (χ3n) is 4.51. The van der Waals surface area contributed by atoms with Crippen molar-refractivity contribution in [3.63, 3.8) is 0 Å². The van der Waals surface area contributed by atoms with Crippen LogP contribution in [0.15, 0.2) is 53.3 Å². The summed E-state index contributed by atoms with van der Waals surface area (Å²) >= 11 is 0. The number of amides is 1. The molecule has 0 fully saturated rings. The lowest BCUT2D eigenvalue weighted by atomic mass is 10.1. The third kappa shape index (κ3) is 5.00. The van der Waals surface area contributed by atoms with Crippen molar-refractivity contribution in [1.82, 2.24) is 9.88 Å². The van der Waals surface area contributed by atoms with E-state index in [1.165, 1.54) is 29.2 Å². The van der Waals surface area contributed by atoms with Crippen LogP contribution in [0.5, 0.6) is 5.75 Å². The molecule has 6 nitrogen and oxygen atoms in total. The van der Waals surface area contributed by atoms with Crippen LogP contribution in [0.2, 0.25) is 0 Å². The van der Waals surface area contributed by atoms with Crippen LogP contribution in [0, 0.1) is 5.82 Å². The van der Waals surface area contributed by atoms with Gasteiger partial charge in [-0.1, -0.05) is 0 Å². The molecule has 0 aliphatic rings. The highest BCUT2D eigenvalue weighted by Crippen LogP contribution is 2.20. The highest BCUT2D eigenvalue weighted by molar-refractivity contribution is 5.94. The average Bonchev–Trinajstić information content (AvgIpc) is 2.72. The molecular weight excluding hydrogens is 375 g/mol. The molecule has 1 aromatic heterocycles. The summed E-state index contributed by atoms with van der Waals surface area (Å²) in [5.41, 5.74) is 1.21. The van der Waals surface area contributed by atoms with Crippen LogP contribution < -0.4 is 10.3 Å². The number of ether oxygens (including phenoxy) is 2. The predicted molar refractivity (Wildman–Crippen MR) is 109 cm³/mol. The second kappa shape index (κ2) is 9.34. The first-order valence-electron chi connectivity index (χ1n) is 9.34. The van der Waals surface area contributed by atoms with E-state index in [2.05, 4.69) is 4.98 Å². The van der Waals surface area contributed by atoms with Crippen LogP contribution in [0.1, 0.15) is 22.8 Å². The van der Waals surface area contributed by atoms with E-state index in [0.717, 1.165) is 5.39 Å². The second-order valence-electron chi connectivity index (χ2n) is 6.53. The van der Waals surface area contributed by atoms with E-state index in [4.69, 9.17) is 9.47 Å². The van der Waals surface area contributed by atoms with E-state index in [0.29, 0.717) is 42.2 Å². The lowest BCUT2D eigenvalue weighted by molar-refractivity contribution is 0.0679. The first-order chi connectivity index (χ1) is 14.0. The summed E-state index contributed by atoms with van der Waals surface area (Å²) < 4.78 is 23.8. The first kappa shape index (κ1) is 20.5. The van der Waals surface area contributed by atoms with Gasteiger partial charge in [0, 0.05) is 35.7 Å². The molecule has 3 rings (SSSR count). The number of hydrogen-bond acceptors (Lipinski definition) is 4. The molecule has 0 spiro atoms. The number of pyridine rings is 1. The van der Waals surface area contributed by atoms with E-state index < -0.39 is 5.82 Å². The van der Waals surface area contributed by atoms with Crippen LogP contribution in [-0.4, -0.2) is 42.7 Å². The van der Waals surface area contributed by atoms with Gasteiger partial charge in [-0.15, -0.1) is 0 Å². The van der Waals surface area contributed by atoms with Crippen LogP contribution in [-0.2, 0) is 11.3 Å². The average molecular weight is 398 g/mol. The lowest BCUT2D eigenvalue weighted by Crippen LogP contribution is -2.35. The largest absolute Gasteiger partial charge is 0.494 e. The molecule has 0 atom stereocenters. The van der Waals surface area contributed by atoms with Crippen LogP contribution in [0.25, 0.3) is 10.9 Å². The van der Waals surface area contributed by atoms with E-state index >= 15 is 0 Å². The molecule has 152 valence electrons. The Morgan fingerprint density at radius 1 is 1.14 bits per heavy atom. The number of aromatic amines is 1. The van der Waals surface area contributed by atoms with E-state index in [-0.39, 0.29) is 18.0 Å². The highest BCUT2D eigenvalue weighted by Gasteiger charge is 2.18. The third-order valence-corrected chi connectivity index (χ3v) is 4.51. The maximum absolute atomic E-state index is 13.2. The number of nitrogens with zero attached hydrogens (tertiary/aromatic N) is 1. The monoisotopic (exact) mass is 398 g/mol. The molecule has 0 saturated carbocycles. The Labute approximate surface area is 167 Å². The van der Waals surface area contributed by atoms with Gasteiger partial charge in [0.15, 0.2) is 0 Å². The zero-order valence-corrected chi connectivity index (χ0v) is 16.4. The minimum atomic E-state index is -0.416. The summed E-state index contributed by atoms with van der Waals surface area (Å²) in [6, 6.07) is 12.5. The highest BCUT2D eigenvalue weighted by atomic mass is 19.1. The van der Waals surface area contributed by atoms with E-state index in [1.54, 1.807) is 25.3 Å². The number of carbonyl (C=O) groups excluding carboxylic acids is 1. The fraction of sp³-hybridized carbons (Fsp3) is 0.273. The van der Waals surface area contributed by atoms with Gasteiger partial charge in [-0.2, -0.15) is 0 Å². The van der Waals surface area contributed by atoms with Crippen molar-refractivity contribution in [3.05, 3.63) is 75.8 Å². The van der Waals surface area contributed by atoms with Crippen molar-refractivity contribution in [3.8, 4) is 5.75 Å². The van der Waals surface area contributed by atoms with Gasteiger partial charge >= 0.3 is 0 Å². The number of rotatable bonds is 8. The summed E-state index contributed by atoms with van der Waals surface area (Å²) in [4.78, 5) is 29.8. The smallest absolute Gasteiger partial charge is 0.254 e. The van der Waals surface area contributed by atoms with E-state index in [1.807, 2.05) is 13.0 Å². The lowest BCUT2D eigenvalue weighted by Gasteiger charge is -2.22. The molecule has 1 heterocycles. The zero-order chi connectivity index (χ0) is 20.8. The standard InChI is InChI=1S/C22H23FN2O4/c1-3-29-19-8-9-20-16(13-19)12-17(21(26)24-20)14-25(10-11-28-2)22(27)15-4-6-18(23)7-5-15/h4-9,12-13H,3,10-11,14H2,1-2H3,(H,24,26). The van der Waals surface area contributed by atoms with Gasteiger partial charge in [0.05, 0.1) is 19.8 Å². The fourth-order valence-electron chi connectivity index (χ4n) is 3.04. The first-order valence-corrected chi connectivity index (χ1v) is 9.34. The van der Waals surface area contributed by atoms with Crippen molar-refractivity contribution in [2.24, 2.45) is 0 Å². The van der Waals surface area contributed by atoms with Crippen LogP contribution >= 0.6 is 0 Å². The molecule has 7 heteroatoms. The Morgan fingerprint density at radius 2 is 1.90 bits per heavy atom. The molecule has 2 aromatic carbocycles. The molecule has 0 aliphatic heterocycles. The summed E-state index contributed by atoms with van der Waals surface area (Å²) in [7, 11) is 1.54. The number of aromatic nitrogens is 1. The van der Waals surface area contributed by atoms with Crippen molar-refractivity contribution in [2.45, 2.75) is 13.5 Å². The molecule has 0 radical (unpaired) electrons. The minimum absolute atomic E-state index is 0.101. The Bertz CT molecular complexity index is 1050. The van der Waals surface area contributed by atoms with Gasteiger partial charge in [-0.05, 0) is 55.5 Å². The van der Waals surface area contributed by atoms with Gasteiger partial charge in [-0.25, -0.2) is 4.39 Å². The molecule has 1 amide bonds. The zero-order valence-electron chi connectivity index (χ0n) is 16.4. The minimum Gasteiger partial charge on any atom is -0.494 e. The van der Waals surface area contributed by atoms with Crippen molar-refractivity contribution in [1.29, 1.82) is 0 Å². The fourth-order valence-corrected chi connectivity index (χ4v) is 3.04. The van der Waals surface area contributed by atoms with Crippen molar-refractivity contribution >= 4 is 16.8 Å². The number of hydrogen-bond donors (Lipinski definition) is 1. The van der Waals surface area contributed by atoms with E-state index in [9.17, 15) is 14.0 Å². The number of H-pyrrole nitrogens is 1. The van der Waals surface area contributed by atoms with Gasteiger partial charge in [-0.3, -0.25) is 9.59 Å². The molecular formula is C22H23FN2O4. The maximum Gasteiger partial charge on any atom is 0.254 e. The number of nitrogens with one attached hydrogen (secondary N) is 1. The molecule has 0 bridgehead atoms. The Morgan fingerprint density at radius 3 is 2.59 bits per heavy atom. The molecule has 0 saturated heterocycles. The normalized spacial score (nSPS) is 10.9. The summed E-state index contributed by atoms with van der Waals surface area (Å²) in [6.45, 7) is 3.15. The topological polar surface area (TPSA) is 71.6 Å². The van der Waals surface area contributed by atoms with Crippen LogP contribution in [0.3, 0.4) is 0 Å². The SMILES string of the molecule is CCOc1ccc2[nH]c(=O)c(CN(CCOC)C(=O)c3ccc(F)cc3)cc2c1. The number of benzene rings is 2. The number of methoxy groups -OCH3 is 1. The van der Waals surface area contributed by atoms with Crippen molar-refractivity contribution < 1.29 is 18.7 Å². The Kier molecular flexibility index (Phi) is 6.61. The summed E-state index contributed by atoms with van der Waals surface area (Å²) in [5.74, 6) is -0.0118. The summed E-state index contributed by atoms with van der Waals surface area (Å²) in [6.07, 6.45) is 0. The number of halogens is 1. The summed E-state index contributed by atoms with van der Waals surface area (Å²) in [5, 5.41) is 0.812. The molecule has 3 aromatic rings. The molecule has 1 N–H and O–H groups in total. The van der Waals surface area contributed by atoms with Gasteiger partial charge in [0.25, 0.3) is 11.5 Å². The van der Waals surface area contributed by atoms with Gasteiger partial charge in [0.1, 0.15) is 11.6 Å². The predicted octanol–water partition coefficient (Wildman–Crippen LogP) is 3.35. The Hall–Kier alpha value is -3.19. The molecule has 0 unspecified atom stereocenters. The quantitative estimate of drug-likeness (QED) is 0.632. The Balaban J connectivity index is 1.92. The molecule has 29 heavy (non-hydrogen) atoms. The van der Waals surface area contributed by atoms with Crippen molar-refractivity contribution in [2.75, 3.05) is 26.9 Å².